The number of allylic oxidation sites excluding steroid dienone is 1. The van der Waals surface area contributed by atoms with E-state index in [4.69, 9.17) is 9.15 Å². The Labute approximate surface area is 182 Å². The Balaban J connectivity index is 1.38. The van der Waals surface area contributed by atoms with Gasteiger partial charge in [-0.05, 0) is 66.7 Å². The molecule has 0 unspecified atom stereocenters. The van der Waals surface area contributed by atoms with Crippen molar-refractivity contribution >= 4 is 11.9 Å². The van der Waals surface area contributed by atoms with E-state index in [0.717, 1.165) is 17.8 Å². The number of nitrogens with zero attached hydrogens (tertiary/aromatic N) is 1. The summed E-state index contributed by atoms with van der Waals surface area (Å²) in [5, 5.41) is 0. The first-order chi connectivity index (χ1) is 15.4. The van der Waals surface area contributed by atoms with Crippen LogP contribution in [0.25, 0.3) is 11.8 Å². The zero-order chi connectivity index (χ0) is 22.6. The highest BCUT2D eigenvalue weighted by Gasteiger charge is 2.30. The third kappa shape index (κ3) is 5.18. The van der Waals surface area contributed by atoms with Gasteiger partial charge in [-0.1, -0.05) is 18.2 Å². The van der Waals surface area contributed by atoms with Crippen LogP contribution < -0.4 is 4.74 Å². The monoisotopic (exact) mass is 437 g/mol. The first-order valence-electron chi connectivity index (χ1n) is 9.73. The van der Waals surface area contributed by atoms with Crippen LogP contribution in [0.1, 0.15) is 27.4 Å². The van der Waals surface area contributed by atoms with Crippen molar-refractivity contribution in [3.05, 3.63) is 114 Å². The van der Waals surface area contributed by atoms with Crippen LogP contribution >= 0.6 is 0 Å². The molecule has 162 valence electrons. The van der Waals surface area contributed by atoms with E-state index in [-0.39, 0.29) is 18.1 Å². The molecule has 4 rings (SSSR count). The predicted octanol–water partition coefficient (Wildman–Crippen LogP) is 6.56. The van der Waals surface area contributed by atoms with E-state index in [1.54, 1.807) is 30.3 Å². The molecule has 4 nitrogen and oxygen atoms in total. The second-order valence-corrected chi connectivity index (χ2v) is 6.96. The highest BCUT2D eigenvalue weighted by atomic mass is 19.4. The number of carbonyl (C=O) groups excluding carboxylic acids is 1. The maximum absolute atomic E-state index is 12.8. The van der Waals surface area contributed by atoms with E-state index >= 15 is 0 Å². The van der Waals surface area contributed by atoms with Crippen molar-refractivity contribution < 1.29 is 27.1 Å². The standard InChI is InChI=1S/C25H18F3NO3/c26-25(27,28)19-6-4-8-22(16-19)31-17-23-10-9-21(32-23)11-12-24(30)18-5-3-7-20(15-18)29-13-1-2-14-29/h1-16H,17H2/b12-11+. The molecule has 0 fully saturated rings. The molecule has 0 N–H and O–H groups in total. The number of furan rings is 1. The van der Waals surface area contributed by atoms with Gasteiger partial charge < -0.3 is 13.7 Å². The molecule has 0 spiro atoms. The van der Waals surface area contributed by atoms with E-state index in [1.165, 1.54) is 18.2 Å². The lowest BCUT2D eigenvalue weighted by Crippen LogP contribution is -2.05. The van der Waals surface area contributed by atoms with Crippen molar-refractivity contribution in [1.82, 2.24) is 4.57 Å². The first kappa shape index (κ1) is 21.2. The summed E-state index contributed by atoms with van der Waals surface area (Å²) in [6.07, 6.45) is 2.30. The third-order valence-electron chi connectivity index (χ3n) is 4.66. The Morgan fingerprint density at radius 3 is 2.53 bits per heavy atom. The molecule has 0 bridgehead atoms. The number of hydrogen-bond donors (Lipinski definition) is 0. The second kappa shape index (κ2) is 9.01. The highest BCUT2D eigenvalue weighted by Crippen LogP contribution is 2.31. The predicted molar refractivity (Wildman–Crippen MR) is 114 cm³/mol. The van der Waals surface area contributed by atoms with E-state index in [2.05, 4.69) is 0 Å². The van der Waals surface area contributed by atoms with E-state index in [9.17, 15) is 18.0 Å². The molecule has 0 aliphatic heterocycles. The SMILES string of the molecule is O=C(/C=C/c1ccc(COc2cccc(C(F)(F)F)c2)o1)c1cccc(-n2cccc2)c1. The summed E-state index contributed by atoms with van der Waals surface area (Å²) in [7, 11) is 0. The van der Waals surface area contributed by atoms with Gasteiger partial charge >= 0.3 is 6.18 Å². The van der Waals surface area contributed by atoms with Gasteiger partial charge in [0.1, 0.15) is 23.9 Å². The fourth-order valence-corrected chi connectivity index (χ4v) is 3.06. The lowest BCUT2D eigenvalue weighted by molar-refractivity contribution is -0.137. The fraction of sp³-hybridized carbons (Fsp3) is 0.0800. The number of rotatable bonds is 7. The summed E-state index contributed by atoms with van der Waals surface area (Å²) in [6.45, 7) is -0.0397. The van der Waals surface area contributed by atoms with Crippen molar-refractivity contribution in [2.75, 3.05) is 0 Å². The molecule has 7 heteroatoms. The van der Waals surface area contributed by atoms with Crippen molar-refractivity contribution in [3.63, 3.8) is 0 Å². The van der Waals surface area contributed by atoms with Crippen molar-refractivity contribution in [2.45, 2.75) is 12.8 Å². The number of ether oxygens (including phenoxy) is 1. The number of halogens is 3. The molecule has 0 amide bonds. The molecule has 32 heavy (non-hydrogen) atoms. The van der Waals surface area contributed by atoms with Crippen molar-refractivity contribution in [1.29, 1.82) is 0 Å². The number of benzene rings is 2. The normalized spacial score (nSPS) is 11.7. The number of aromatic nitrogens is 1. The van der Waals surface area contributed by atoms with Crippen molar-refractivity contribution in [2.24, 2.45) is 0 Å². The maximum atomic E-state index is 12.8. The van der Waals surface area contributed by atoms with E-state index < -0.39 is 11.7 Å². The lowest BCUT2D eigenvalue weighted by Gasteiger charge is -2.09. The average molecular weight is 437 g/mol. The molecule has 4 aromatic rings. The minimum atomic E-state index is -4.43. The summed E-state index contributed by atoms with van der Waals surface area (Å²) >= 11 is 0. The lowest BCUT2D eigenvalue weighted by atomic mass is 10.1. The van der Waals surface area contributed by atoms with Crippen LogP contribution in [0.5, 0.6) is 5.75 Å². The van der Waals surface area contributed by atoms with Gasteiger partial charge in [-0.2, -0.15) is 13.2 Å². The van der Waals surface area contributed by atoms with Crippen LogP contribution in [0.3, 0.4) is 0 Å². The van der Waals surface area contributed by atoms with Gasteiger partial charge in [0.2, 0.25) is 0 Å². The number of carbonyl (C=O) groups is 1. The smallest absolute Gasteiger partial charge is 0.416 e. The summed E-state index contributed by atoms with van der Waals surface area (Å²) in [5.41, 5.74) is 0.630. The minimum Gasteiger partial charge on any atom is -0.486 e. The first-order valence-corrected chi connectivity index (χ1v) is 9.73. The molecular weight excluding hydrogens is 419 g/mol. The van der Waals surface area contributed by atoms with Crippen LogP contribution in [-0.2, 0) is 12.8 Å². The van der Waals surface area contributed by atoms with Crippen LogP contribution in [0.4, 0.5) is 13.2 Å². The van der Waals surface area contributed by atoms with Gasteiger partial charge in [0.05, 0.1) is 5.56 Å². The van der Waals surface area contributed by atoms with Gasteiger partial charge in [-0.15, -0.1) is 0 Å². The van der Waals surface area contributed by atoms with Crippen molar-refractivity contribution in [3.8, 4) is 11.4 Å². The largest absolute Gasteiger partial charge is 0.486 e. The number of ketones is 1. The second-order valence-electron chi connectivity index (χ2n) is 6.96. The molecule has 0 saturated heterocycles. The Morgan fingerprint density at radius 2 is 1.75 bits per heavy atom. The van der Waals surface area contributed by atoms with Crippen LogP contribution in [0, 0.1) is 0 Å². The molecule has 2 aromatic carbocycles. The molecule has 0 atom stereocenters. The zero-order valence-electron chi connectivity index (χ0n) is 16.8. The Hall–Kier alpha value is -4.00. The summed E-state index contributed by atoms with van der Waals surface area (Å²) in [6, 6.07) is 19.0. The van der Waals surface area contributed by atoms with Gasteiger partial charge in [-0.3, -0.25) is 4.79 Å². The molecule has 0 saturated carbocycles. The zero-order valence-corrected chi connectivity index (χ0v) is 16.8. The van der Waals surface area contributed by atoms with Gasteiger partial charge in [0.15, 0.2) is 5.78 Å². The van der Waals surface area contributed by atoms with Gasteiger partial charge in [0.25, 0.3) is 0 Å². The molecule has 0 radical (unpaired) electrons. The quantitative estimate of drug-likeness (QED) is 0.243. The van der Waals surface area contributed by atoms with E-state index in [1.807, 2.05) is 41.2 Å². The molecule has 2 heterocycles. The van der Waals surface area contributed by atoms with E-state index in [0.29, 0.717) is 17.1 Å². The third-order valence-corrected chi connectivity index (χ3v) is 4.66. The van der Waals surface area contributed by atoms with Gasteiger partial charge in [-0.25, -0.2) is 0 Å². The fourth-order valence-electron chi connectivity index (χ4n) is 3.06. The summed E-state index contributed by atoms with van der Waals surface area (Å²) < 4.78 is 51.3. The van der Waals surface area contributed by atoms with Gasteiger partial charge in [0, 0.05) is 23.6 Å². The minimum absolute atomic E-state index is 0.0397. The highest BCUT2D eigenvalue weighted by molar-refractivity contribution is 6.07. The number of hydrogen-bond acceptors (Lipinski definition) is 3. The molecule has 0 aliphatic rings. The van der Waals surface area contributed by atoms with Crippen LogP contribution in [0.2, 0.25) is 0 Å². The van der Waals surface area contributed by atoms with Crippen LogP contribution in [0.15, 0.2) is 95.7 Å². The Kier molecular flexibility index (Phi) is 5.98. The summed E-state index contributed by atoms with van der Waals surface area (Å²) in [4.78, 5) is 12.5. The number of alkyl halides is 3. The van der Waals surface area contributed by atoms with Crippen LogP contribution in [-0.4, -0.2) is 10.4 Å². The maximum Gasteiger partial charge on any atom is 0.416 e. The summed E-state index contributed by atoms with van der Waals surface area (Å²) in [5.74, 6) is 0.759. The molecule has 0 aliphatic carbocycles. The molecule has 2 aromatic heterocycles. The Bertz CT molecular complexity index is 1240. The topological polar surface area (TPSA) is 44.4 Å². The average Bonchev–Trinajstić information content (AvgIpc) is 3.48. The molecular formula is C25H18F3NO3. The Morgan fingerprint density at radius 1 is 0.969 bits per heavy atom.